The van der Waals surface area contributed by atoms with Gasteiger partial charge in [0.1, 0.15) is 0 Å². The third-order valence-electron chi connectivity index (χ3n) is 2.90. The first-order valence-electron chi connectivity index (χ1n) is 5.16. The van der Waals surface area contributed by atoms with E-state index in [1.165, 1.54) is 37.0 Å². The highest BCUT2D eigenvalue weighted by Gasteiger charge is 2.15. The van der Waals surface area contributed by atoms with E-state index in [1.807, 2.05) is 6.07 Å². The minimum Gasteiger partial charge on any atom is -0.462 e. The molecule has 0 atom stereocenters. The molecule has 0 N–H and O–H groups in total. The van der Waals surface area contributed by atoms with Crippen molar-refractivity contribution in [3.8, 4) is 0 Å². The highest BCUT2D eigenvalue weighted by atomic mass is 16.3. The van der Waals surface area contributed by atoms with E-state index in [9.17, 15) is 0 Å². The molecule has 2 aromatic rings. The number of para-hydroxylation sites is 1. The first-order chi connectivity index (χ1) is 6.95. The van der Waals surface area contributed by atoms with Crippen molar-refractivity contribution in [3.05, 3.63) is 30.5 Å². The summed E-state index contributed by atoms with van der Waals surface area (Å²) in [6.07, 6.45) is 4.37. The maximum atomic E-state index is 5.52. The molecule has 2 heterocycles. The molecule has 0 unspecified atom stereocenters. The molecule has 0 bridgehead atoms. The van der Waals surface area contributed by atoms with Gasteiger partial charge in [-0.25, -0.2) is 0 Å². The monoisotopic (exact) mass is 187 g/mol. The Labute approximate surface area is 83.1 Å². The van der Waals surface area contributed by atoms with E-state index in [-0.39, 0.29) is 0 Å². The molecule has 1 aromatic heterocycles. The van der Waals surface area contributed by atoms with Crippen molar-refractivity contribution in [2.24, 2.45) is 0 Å². The first-order valence-corrected chi connectivity index (χ1v) is 5.16. The number of hydrogen-bond donors (Lipinski definition) is 0. The Morgan fingerprint density at radius 2 is 1.93 bits per heavy atom. The van der Waals surface area contributed by atoms with Crippen molar-refractivity contribution < 1.29 is 4.42 Å². The lowest BCUT2D eigenvalue weighted by Crippen LogP contribution is -2.17. The number of furan rings is 1. The van der Waals surface area contributed by atoms with E-state index < -0.39 is 0 Å². The molecule has 0 radical (unpaired) electrons. The van der Waals surface area contributed by atoms with Crippen LogP contribution in [0.1, 0.15) is 12.8 Å². The third-order valence-corrected chi connectivity index (χ3v) is 2.90. The average Bonchev–Trinajstić information content (AvgIpc) is 2.88. The fraction of sp³-hybridized carbons (Fsp3) is 0.333. The molecule has 3 rings (SSSR count). The van der Waals surface area contributed by atoms with E-state index in [0.29, 0.717) is 0 Å². The van der Waals surface area contributed by atoms with Crippen LogP contribution in [0.4, 0.5) is 5.69 Å². The number of fused-ring (bicyclic) bond motifs is 1. The van der Waals surface area contributed by atoms with Gasteiger partial charge in [-0.05, 0) is 25.0 Å². The quantitative estimate of drug-likeness (QED) is 0.682. The normalized spacial score (nSPS) is 16.7. The van der Waals surface area contributed by atoms with E-state index in [4.69, 9.17) is 4.42 Å². The van der Waals surface area contributed by atoms with Gasteiger partial charge in [-0.1, -0.05) is 12.1 Å². The molecule has 2 nitrogen and oxygen atoms in total. The molecule has 0 saturated carbocycles. The van der Waals surface area contributed by atoms with Crippen LogP contribution in [-0.2, 0) is 0 Å². The molecular weight excluding hydrogens is 174 g/mol. The minimum absolute atomic E-state index is 1.04. The number of nitrogens with zero attached hydrogens (tertiary/aromatic N) is 1. The van der Waals surface area contributed by atoms with Crippen molar-refractivity contribution in [1.29, 1.82) is 0 Å². The Morgan fingerprint density at radius 1 is 1.07 bits per heavy atom. The summed E-state index contributed by atoms with van der Waals surface area (Å²) in [6, 6.07) is 8.37. The largest absolute Gasteiger partial charge is 0.462 e. The molecule has 1 aromatic carbocycles. The zero-order chi connectivity index (χ0) is 9.38. The Balaban J connectivity index is 2.14. The van der Waals surface area contributed by atoms with Gasteiger partial charge in [-0.2, -0.15) is 0 Å². The first kappa shape index (κ1) is 7.92. The smallest absolute Gasteiger partial charge is 0.157 e. The topological polar surface area (TPSA) is 16.4 Å². The van der Waals surface area contributed by atoms with Gasteiger partial charge in [-0.3, -0.25) is 0 Å². The maximum Gasteiger partial charge on any atom is 0.157 e. The van der Waals surface area contributed by atoms with Crippen LogP contribution >= 0.6 is 0 Å². The van der Waals surface area contributed by atoms with Crippen LogP contribution in [0.25, 0.3) is 11.0 Å². The number of anilines is 1. The third kappa shape index (κ3) is 1.10. The molecule has 14 heavy (non-hydrogen) atoms. The van der Waals surface area contributed by atoms with Gasteiger partial charge in [-0.15, -0.1) is 0 Å². The molecule has 72 valence electrons. The van der Waals surface area contributed by atoms with E-state index in [1.54, 1.807) is 6.26 Å². The van der Waals surface area contributed by atoms with Crippen molar-refractivity contribution in [2.75, 3.05) is 18.0 Å². The molecule has 1 aliphatic heterocycles. The number of rotatable bonds is 1. The van der Waals surface area contributed by atoms with Crippen LogP contribution < -0.4 is 4.90 Å². The second kappa shape index (κ2) is 3.05. The molecule has 0 aliphatic carbocycles. The summed E-state index contributed by atoms with van der Waals surface area (Å²) in [7, 11) is 0. The van der Waals surface area contributed by atoms with Crippen LogP contribution in [0, 0.1) is 0 Å². The van der Waals surface area contributed by atoms with Crippen LogP contribution in [0.15, 0.2) is 34.9 Å². The Morgan fingerprint density at radius 3 is 2.79 bits per heavy atom. The van der Waals surface area contributed by atoms with Gasteiger partial charge < -0.3 is 9.32 Å². The summed E-state index contributed by atoms with van der Waals surface area (Å²) in [5.74, 6) is 0. The molecule has 1 saturated heterocycles. The van der Waals surface area contributed by atoms with E-state index in [0.717, 1.165) is 5.58 Å². The van der Waals surface area contributed by atoms with Crippen LogP contribution in [0.5, 0.6) is 0 Å². The second-order valence-electron chi connectivity index (χ2n) is 3.81. The Kier molecular flexibility index (Phi) is 1.72. The predicted octanol–water partition coefficient (Wildman–Crippen LogP) is 3.03. The second-order valence-corrected chi connectivity index (χ2v) is 3.81. The van der Waals surface area contributed by atoms with Crippen molar-refractivity contribution in [3.63, 3.8) is 0 Å². The zero-order valence-corrected chi connectivity index (χ0v) is 8.07. The summed E-state index contributed by atoms with van der Waals surface area (Å²) in [6.45, 7) is 2.33. The van der Waals surface area contributed by atoms with Crippen LogP contribution in [-0.4, -0.2) is 13.1 Å². The minimum atomic E-state index is 1.04. The standard InChI is InChI=1S/C12H13NO/c1-2-8-13(7-1)11-5-3-4-10-6-9-14-12(10)11/h3-6,9H,1-2,7-8H2. The summed E-state index contributed by atoms with van der Waals surface area (Å²) >= 11 is 0. The highest BCUT2D eigenvalue weighted by molar-refractivity contribution is 5.89. The van der Waals surface area contributed by atoms with Crippen molar-refractivity contribution >= 4 is 16.7 Å². The lowest BCUT2D eigenvalue weighted by molar-refractivity contribution is 0.614. The van der Waals surface area contributed by atoms with Gasteiger partial charge >= 0.3 is 0 Å². The molecule has 1 aliphatic rings. The Hall–Kier alpha value is -1.44. The zero-order valence-electron chi connectivity index (χ0n) is 8.07. The van der Waals surface area contributed by atoms with Gasteiger partial charge in [0.2, 0.25) is 0 Å². The van der Waals surface area contributed by atoms with Crippen molar-refractivity contribution in [1.82, 2.24) is 0 Å². The summed E-state index contributed by atoms with van der Waals surface area (Å²) in [4.78, 5) is 2.41. The lowest BCUT2D eigenvalue weighted by atomic mass is 10.2. The fourth-order valence-corrected chi connectivity index (χ4v) is 2.18. The number of hydrogen-bond acceptors (Lipinski definition) is 2. The SMILES string of the molecule is c1cc(N2CCCC2)c2occc2c1. The average molecular weight is 187 g/mol. The van der Waals surface area contributed by atoms with Gasteiger partial charge in [0.15, 0.2) is 5.58 Å². The molecule has 1 fully saturated rings. The molecule has 2 heteroatoms. The van der Waals surface area contributed by atoms with Gasteiger partial charge in [0.05, 0.1) is 12.0 Å². The number of benzene rings is 1. The van der Waals surface area contributed by atoms with Gasteiger partial charge in [0, 0.05) is 18.5 Å². The van der Waals surface area contributed by atoms with E-state index >= 15 is 0 Å². The van der Waals surface area contributed by atoms with Crippen molar-refractivity contribution in [2.45, 2.75) is 12.8 Å². The predicted molar refractivity (Wildman–Crippen MR) is 57.7 cm³/mol. The van der Waals surface area contributed by atoms with Gasteiger partial charge in [0.25, 0.3) is 0 Å². The van der Waals surface area contributed by atoms with Crippen LogP contribution in [0.2, 0.25) is 0 Å². The molecule has 0 spiro atoms. The summed E-state index contributed by atoms with van der Waals surface area (Å²) < 4.78 is 5.52. The molecular formula is C12H13NO. The summed E-state index contributed by atoms with van der Waals surface area (Å²) in [5.41, 5.74) is 2.29. The maximum absolute atomic E-state index is 5.52. The molecule has 0 amide bonds. The highest BCUT2D eigenvalue weighted by Crippen LogP contribution is 2.29. The van der Waals surface area contributed by atoms with E-state index in [2.05, 4.69) is 23.1 Å². The van der Waals surface area contributed by atoms with Crippen LogP contribution in [0.3, 0.4) is 0 Å². The Bertz CT molecular complexity index is 440. The lowest BCUT2D eigenvalue weighted by Gasteiger charge is -2.17. The summed E-state index contributed by atoms with van der Waals surface area (Å²) in [5, 5.41) is 1.20. The fourth-order valence-electron chi connectivity index (χ4n) is 2.18.